The Kier molecular flexibility index (Phi) is 3.95. The summed E-state index contributed by atoms with van der Waals surface area (Å²) in [6, 6.07) is 9.53. The number of benzene rings is 1. The maximum Gasteiger partial charge on any atom is 0.264 e. The molecule has 1 aliphatic heterocycles. The van der Waals surface area contributed by atoms with Crippen LogP contribution in [0.15, 0.2) is 35.3 Å². The second-order valence-electron chi connectivity index (χ2n) is 3.89. The monoisotopic (exact) mass is 270 g/mol. The molecule has 0 fully saturated rings. The van der Waals surface area contributed by atoms with Crippen LogP contribution in [0.4, 0.5) is 0 Å². The molecule has 0 saturated heterocycles. The van der Waals surface area contributed by atoms with Gasteiger partial charge in [0, 0.05) is 5.56 Å². The van der Waals surface area contributed by atoms with Gasteiger partial charge in [0.2, 0.25) is 0 Å². The van der Waals surface area contributed by atoms with Gasteiger partial charge in [-0.05, 0) is 0 Å². The van der Waals surface area contributed by atoms with Crippen LogP contribution in [0.2, 0.25) is 0 Å². The molecular formula is C11H14N2O4S. The number of amidine groups is 1. The quantitative estimate of drug-likeness (QED) is 0.797. The lowest BCUT2D eigenvalue weighted by molar-refractivity contribution is -0.0167. The van der Waals surface area contributed by atoms with Crippen molar-refractivity contribution in [2.45, 2.75) is 6.10 Å². The van der Waals surface area contributed by atoms with Crippen molar-refractivity contribution in [3.63, 3.8) is 0 Å². The van der Waals surface area contributed by atoms with Gasteiger partial charge >= 0.3 is 0 Å². The zero-order valence-corrected chi connectivity index (χ0v) is 10.7. The molecule has 1 heterocycles. The van der Waals surface area contributed by atoms with Crippen LogP contribution in [0.5, 0.6) is 0 Å². The Morgan fingerprint density at radius 1 is 1.44 bits per heavy atom. The van der Waals surface area contributed by atoms with Crippen molar-refractivity contribution >= 4 is 16.0 Å². The topological polar surface area (TPSA) is 77.0 Å². The zero-order chi connectivity index (χ0) is 13.0. The maximum atomic E-state index is 10.8. The molecule has 1 N–H and O–H groups in total. The third kappa shape index (κ3) is 3.80. The summed E-state index contributed by atoms with van der Waals surface area (Å²) in [4.78, 5) is 9.56. The number of rotatable bonds is 4. The molecule has 98 valence electrons. The minimum Gasteiger partial charge on any atom is -0.267 e. The van der Waals surface area contributed by atoms with Crippen LogP contribution in [-0.2, 0) is 19.1 Å². The molecule has 0 radical (unpaired) electrons. The molecule has 1 unspecified atom stereocenters. The summed E-state index contributed by atoms with van der Waals surface area (Å²) in [5.74, 6) is 0.631. The van der Waals surface area contributed by atoms with Crippen molar-refractivity contribution in [1.29, 1.82) is 0 Å². The molecule has 0 aliphatic carbocycles. The van der Waals surface area contributed by atoms with E-state index in [1.54, 1.807) is 0 Å². The molecular weight excluding hydrogens is 256 g/mol. The van der Waals surface area contributed by atoms with Crippen molar-refractivity contribution < 1.29 is 17.4 Å². The normalized spacial score (nSPS) is 20.1. The summed E-state index contributed by atoms with van der Waals surface area (Å²) in [5, 5.41) is 0. The van der Waals surface area contributed by atoms with Gasteiger partial charge in [-0.15, -0.1) is 0 Å². The summed E-state index contributed by atoms with van der Waals surface area (Å²) in [6.07, 6.45) is 0.592. The second-order valence-corrected chi connectivity index (χ2v) is 5.53. The summed E-state index contributed by atoms with van der Waals surface area (Å²) in [6.45, 7) is 0.310. The number of aliphatic imine (C=N–C) groups is 1. The highest BCUT2D eigenvalue weighted by molar-refractivity contribution is 7.85. The largest absolute Gasteiger partial charge is 0.267 e. The highest BCUT2D eigenvalue weighted by Gasteiger charge is 2.19. The van der Waals surface area contributed by atoms with Crippen molar-refractivity contribution in [2.24, 2.45) is 4.99 Å². The summed E-state index contributed by atoms with van der Waals surface area (Å²) >= 11 is 0. The van der Waals surface area contributed by atoms with E-state index in [1.807, 2.05) is 30.3 Å². The predicted molar refractivity (Wildman–Crippen MR) is 66.7 cm³/mol. The average Bonchev–Trinajstić information content (AvgIpc) is 2.37. The summed E-state index contributed by atoms with van der Waals surface area (Å²) in [5.41, 5.74) is 3.61. The molecule has 0 amide bonds. The van der Waals surface area contributed by atoms with Crippen LogP contribution in [0, 0.1) is 0 Å². The van der Waals surface area contributed by atoms with Gasteiger partial charge < -0.3 is 0 Å². The Morgan fingerprint density at radius 2 is 2.17 bits per heavy atom. The SMILES string of the molecule is CS(=O)(=O)OCC1CN=C(c2ccccc2)NO1. The number of hydrogen-bond donors (Lipinski definition) is 1. The van der Waals surface area contributed by atoms with Gasteiger partial charge in [0.25, 0.3) is 10.1 Å². The Balaban J connectivity index is 1.92. The van der Waals surface area contributed by atoms with Crippen molar-refractivity contribution in [3.05, 3.63) is 35.9 Å². The lowest BCUT2D eigenvalue weighted by Crippen LogP contribution is -2.39. The predicted octanol–water partition coefficient (Wildman–Crippen LogP) is 0.313. The molecule has 0 spiro atoms. The fraction of sp³-hybridized carbons (Fsp3) is 0.364. The van der Waals surface area contributed by atoms with E-state index in [-0.39, 0.29) is 6.61 Å². The first-order valence-electron chi connectivity index (χ1n) is 5.40. The van der Waals surface area contributed by atoms with Gasteiger partial charge in [-0.1, -0.05) is 30.3 Å². The molecule has 0 bridgehead atoms. The van der Waals surface area contributed by atoms with Gasteiger partial charge in [-0.2, -0.15) is 8.42 Å². The minimum absolute atomic E-state index is 0.0442. The van der Waals surface area contributed by atoms with E-state index in [1.165, 1.54) is 0 Å². The Morgan fingerprint density at radius 3 is 2.72 bits per heavy atom. The van der Waals surface area contributed by atoms with Crippen LogP contribution in [-0.4, -0.2) is 39.8 Å². The summed E-state index contributed by atoms with van der Waals surface area (Å²) in [7, 11) is -3.45. The fourth-order valence-electron chi connectivity index (χ4n) is 1.43. The molecule has 6 nitrogen and oxygen atoms in total. The first kappa shape index (κ1) is 13.0. The standard InChI is InChI=1S/C11H14N2O4S/c1-18(14,15)16-8-10-7-12-11(13-17-10)9-5-3-2-4-6-9/h2-6,10H,7-8H2,1H3,(H,12,13). The van der Waals surface area contributed by atoms with E-state index >= 15 is 0 Å². The van der Waals surface area contributed by atoms with Crippen LogP contribution >= 0.6 is 0 Å². The third-order valence-electron chi connectivity index (χ3n) is 2.29. The molecule has 7 heteroatoms. The average molecular weight is 270 g/mol. The molecule has 1 atom stereocenters. The number of hydroxylamine groups is 1. The highest BCUT2D eigenvalue weighted by atomic mass is 32.2. The summed E-state index contributed by atoms with van der Waals surface area (Å²) < 4.78 is 26.3. The van der Waals surface area contributed by atoms with Crippen LogP contribution in [0.3, 0.4) is 0 Å². The zero-order valence-electron chi connectivity index (χ0n) is 9.87. The molecule has 1 aromatic carbocycles. The van der Waals surface area contributed by atoms with E-state index < -0.39 is 16.2 Å². The molecule has 0 saturated carbocycles. The van der Waals surface area contributed by atoms with E-state index in [0.29, 0.717) is 12.4 Å². The van der Waals surface area contributed by atoms with Crippen molar-refractivity contribution in [2.75, 3.05) is 19.4 Å². The Bertz CT molecular complexity index is 527. The maximum absolute atomic E-state index is 10.8. The van der Waals surface area contributed by atoms with E-state index in [9.17, 15) is 8.42 Å². The first-order valence-corrected chi connectivity index (χ1v) is 7.22. The number of hydrogen-bond acceptors (Lipinski definition) is 6. The molecule has 1 aromatic rings. The van der Waals surface area contributed by atoms with Gasteiger partial charge in [-0.3, -0.25) is 14.0 Å². The van der Waals surface area contributed by atoms with Gasteiger partial charge in [0.05, 0.1) is 19.4 Å². The van der Waals surface area contributed by atoms with E-state index in [2.05, 4.69) is 14.7 Å². The second kappa shape index (κ2) is 5.47. The molecule has 2 rings (SSSR count). The van der Waals surface area contributed by atoms with E-state index in [4.69, 9.17) is 4.84 Å². The van der Waals surface area contributed by atoms with Crippen LogP contribution < -0.4 is 5.48 Å². The smallest absolute Gasteiger partial charge is 0.264 e. The van der Waals surface area contributed by atoms with Gasteiger partial charge in [0.1, 0.15) is 6.10 Å². The lowest BCUT2D eigenvalue weighted by Gasteiger charge is -2.22. The Hall–Kier alpha value is -1.44. The van der Waals surface area contributed by atoms with Gasteiger partial charge in [-0.25, -0.2) is 5.48 Å². The van der Waals surface area contributed by atoms with Crippen molar-refractivity contribution in [3.8, 4) is 0 Å². The fourth-order valence-corrected chi connectivity index (χ4v) is 1.83. The molecule has 18 heavy (non-hydrogen) atoms. The van der Waals surface area contributed by atoms with E-state index in [0.717, 1.165) is 11.8 Å². The number of nitrogens with zero attached hydrogens (tertiary/aromatic N) is 1. The first-order chi connectivity index (χ1) is 8.54. The molecule has 0 aromatic heterocycles. The molecule has 1 aliphatic rings. The van der Waals surface area contributed by atoms with Crippen LogP contribution in [0.1, 0.15) is 5.56 Å². The van der Waals surface area contributed by atoms with Crippen molar-refractivity contribution in [1.82, 2.24) is 5.48 Å². The van der Waals surface area contributed by atoms with Crippen LogP contribution in [0.25, 0.3) is 0 Å². The Labute approximate surface area is 106 Å². The van der Waals surface area contributed by atoms with Gasteiger partial charge in [0.15, 0.2) is 5.84 Å². The number of nitrogens with one attached hydrogen (secondary N) is 1. The highest BCUT2D eigenvalue weighted by Crippen LogP contribution is 2.06. The lowest BCUT2D eigenvalue weighted by atomic mass is 10.2. The minimum atomic E-state index is -3.45. The third-order valence-corrected chi connectivity index (χ3v) is 2.85.